The van der Waals surface area contributed by atoms with Gasteiger partial charge >= 0.3 is 5.97 Å². The highest BCUT2D eigenvalue weighted by Gasteiger charge is 2.40. The first kappa shape index (κ1) is 30.5. The number of benzene rings is 3. The highest BCUT2D eigenvalue weighted by Crippen LogP contribution is 2.43. The maximum absolute atomic E-state index is 15.7. The van der Waals surface area contributed by atoms with Crippen LogP contribution >= 0.6 is 23.2 Å². The molecule has 0 saturated carbocycles. The Kier molecular flexibility index (Phi) is 7.46. The van der Waals surface area contributed by atoms with Crippen LogP contribution in [0, 0.1) is 5.82 Å². The summed E-state index contributed by atoms with van der Waals surface area (Å²) in [6.45, 7) is 0.980. The minimum absolute atomic E-state index is 0.0192. The smallest absolute Gasteiger partial charge is 0.337 e. The van der Waals surface area contributed by atoms with E-state index in [1.165, 1.54) is 4.90 Å². The van der Waals surface area contributed by atoms with E-state index in [0.29, 0.717) is 52.4 Å². The molecule has 1 amide bonds. The molecule has 2 aromatic heterocycles. The zero-order valence-electron chi connectivity index (χ0n) is 25.5. The lowest BCUT2D eigenvalue weighted by molar-refractivity contribution is 0.0516. The first-order valence-electron chi connectivity index (χ1n) is 15.3. The number of para-hydroxylation sites is 1. The van der Waals surface area contributed by atoms with Crippen LogP contribution < -0.4 is 9.64 Å². The highest BCUT2D eigenvalue weighted by atomic mass is 35.5. The average molecular weight is 690 g/mol. The van der Waals surface area contributed by atoms with Gasteiger partial charge in [0, 0.05) is 35.5 Å². The number of carboxylic acid groups (broad SMARTS) is 1. The van der Waals surface area contributed by atoms with Gasteiger partial charge in [0.15, 0.2) is 6.73 Å². The van der Waals surface area contributed by atoms with Gasteiger partial charge in [0.25, 0.3) is 5.91 Å². The average Bonchev–Trinajstić information content (AvgIpc) is 3.57. The molecule has 244 valence electrons. The van der Waals surface area contributed by atoms with Gasteiger partial charge in [0.1, 0.15) is 22.6 Å². The van der Waals surface area contributed by atoms with Crippen LogP contribution in [0.25, 0.3) is 33.3 Å². The number of aromatic carboxylic acids is 1. The standard InChI is InChI=1S/C34H27Cl2FN6O5/c1-41-29-12-38-11-24(31(29)39-40-41)18-7-25(35)30(26(36)8-18)33(44)42-13-17-3-2-4-21(32(17)48-16-42)22-10-28(23(34(45)46)9-27(22)37)43-19-5-6-20(43)15-47-14-19/h2-4,7-12,19-20H,5-6,13-16H2,1H3,(H,45,46). The van der Waals surface area contributed by atoms with Crippen LogP contribution in [0.2, 0.25) is 10.0 Å². The summed E-state index contributed by atoms with van der Waals surface area (Å²) in [5.74, 6) is -1.91. The Morgan fingerprint density at radius 2 is 1.75 bits per heavy atom. The van der Waals surface area contributed by atoms with Gasteiger partial charge in [0.2, 0.25) is 0 Å². The van der Waals surface area contributed by atoms with Gasteiger partial charge in [-0.1, -0.05) is 46.6 Å². The third kappa shape index (κ3) is 4.94. The molecule has 2 bridgehead atoms. The molecule has 2 atom stereocenters. The Bertz CT molecular complexity index is 2120. The largest absolute Gasteiger partial charge is 0.478 e. The number of nitrogens with zero attached hydrogens (tertiary/aromatic N) is 6. The summed E-state index contributed by atoms with van der Waals surface area (Å²) >= 11 is 13.4. The lowest BCUT2D eigenvalue weighted by atomic mass is 9.96. The first-order valence-corrected chi connectivity index (χ1v) is 16.0. The summed E-state index contributed by atoms with van der Waals surface area (Å²) in [4.78, 5) is 33.9. The molecule has 11 nitrogen and oxygen atoms in total. The zero-order chi connectivity index (χ0) is 33.3. The monoisotopic (exact) mass is 688 g/mol. The molecular weight excluding hydrogens is 662 g/mol. The fourth-order valence-corrected chi connectivity index (χ4v) is 7.69. The highest BCUT2D eigenvalue weighted by molar-refractivity contribution is 6.40. The molecule has 3 aromatic carbocycles. The second-order valence-electron chi connectivity index (χ2n) is 12.1. The second-order valence-corrected chi connectivity index (χ2v) is 13.0. The Morgan fingerprint density at radius 3 is 2.48 bits per heavy atom. The molecule has 5 aromatic rings. The topological polar surface area (TPSA) is 123 Å². The van der Waals surface area contributed by atoms with Crippen molar-refractivity contribution in [3.63, 3.8) is 0 Å². The van der Waals surface area contributed by atoms with E-state index in [-0.39, 0.29) is 52.1 Å². The number of morpholine rings is 1. The predicted octanol–water partition coefficient (Wildman–Crippen LogP) is 6.20. The Hall–Kier alpha value is -4.78. The second kappa shape index (κ2) is 11.7. The number of aryl methyl sites for hydroxylation is 1. The normalized spacial score (nSPS) is 18.6. The molecule has 5 heterocycles. The third-order valence-corrected chi connectivity index (χ3v) is 9.92. The summed E-state index contributed by atoms with van der Waals surface area (Å²) < 4.78 is 29.2. The summed E-state index contributed by atoms with van der Waals surface area (Å²) in [7, 11) is 1.77. The van der Waals surface area contributed by atoms with Crippen LogP contribution in [0.5, 0.6) is 5.75 Å². The van der Waals surface area contributed by atoms with Crippen molar-refractivity contribution in [2.45, 2.75) is 31.5 Å². The van der Waals surface area contributed by atoms with Crippen molar-refractivity contribution in [2.24, 2.45) is 7.05 Å². The number of hydrogen-bond acceptors (Lipinski definition) is 8. The molecule has 8 rings (SSSR count). The van der Waals surface area contributed by atoms with Gasteiger partial charge in [0.05, 0.1) is 64.9 Å². The number of carbonyl (C=O) groups excluding carboxylic acids is 1. The number of halogens is 3. The summed E-state index contributed by atoms with van der Waals surface area (Å²) in [6, 6.07) is 11.3. The summed E-state index contributed by atoms with van der Waals surface area (Å²) in [5.41, 5.74) is 4.44. The molecule has 2 unspecified atom stereocenters. The van der Waals surface area contributed by atoms with Gasteiger partial charge in [-0.2, -0.15) is 0 Å². The number of amides is 1. The first-order chi connectivity index (χ1) is 23.2. The molecule has 48 heavy (non-hydrogen) atoms. The molecule has 0 spiro atoms. The molecule has 2 saturated heterocycles. The Balaban J connectivity index is 1.11. The number of anilines is 1. The minimum atomic E-state index is -1.20. The van der Waals surface area contributed by atoms with E-state index in [1.54, 1.807) is 60.5 Å². The lowest BCUT2D eigenvalue weighted by Crippen LogP contribution is -2.46. The van der Waals surface area contributed by atoms with Crippen molar-refractivity contribution in [2.75, 3.05) is 24.8 Å². The third-order valence-electron chi connectivity index (χ3n) is 9.33. The zero-order valence-corrected chi connectivity index (χ0v) is 27.0. The van der Waals surface area contributed by atoms with Crippen molar-refractivity contribution in [3.05, 3.63) is 87.4 Å². The molecule has 14 heteroatoms. The molecule has 0 aliphatic carbocycles. The van der Waals surface area contributed by atoms with E-state index in [2.05, 4.69) is 20.2 Å². The molecule has 2 fully saturated rings. The van der Waals surface area contributed by atoms with Crippen LogP contribution in [-0.4, -0.2) is 73.9 Å². The van der Waals surface area contributed by atoms with Gasteiger partial charge in [-0.3, -0.25) is 9.78 Å². The van der Waals surface area contributed by atoms with Gasteiger partial charge in [-0.05, 0) is 42.7 Å². The van der Waals surface area contributed by atoms with E-state index in [9.17, 15) is 14.7 Å². The quantitative estimate of drug-likeness (QED) is 0.230. The van der Waals surface area contributed by atoms with Crippen molar-refractivity contribution < 1.29 is 28.6 Å². The fourth-order valence-electron chi connectivity index (χ4n) is 7.04. The van der Waals surface area contributed by atoms with Crippen LogP contribution in [0.4, 0.5) is 10.1 Å². The maximum Gasteiger partial charge on any atom is 0.337 e. The van der Waals surface area contributed by atoms with Crippen molar-refractivity contribution in [3.8, 4) is 28.0 Å². The van der Waals surface area contributed by atoms with E-state index in [4.69, 9.17) is 32.7 Å². The number of hydrogen-bond donors (Lipinski definition) is 1. The van der Waals surface area contributed by atoms with Crippen LogP contribution in [0.3, 0.4) is 0 Å². The molecule has 0 radical (unpaired) electrons. The van der Waals surface area contributed by atoms with Crippen LogP contribution in [-0.2, 0) is 18.3 Å². The minimum Gasteiger partial charge on any atom is -0.478 e. The van der Waals surface area contributed by atoms with Crippen molar-refractivity contribution in [1.29, 1.82) is 0 Å². The molecular formula is C34H27Cl2FN6O5. The maximum atomic E-state index is 15.7. The van der Waals surface area contributed by atoms with Crippen LogP contribution in [0.15, 0.2) is 54.9 Å². The fraction of sp³-hybridized carbons (Fsp3) is 0.265. The van der Waals surface area contributed by atoms with E-state index in [1.807, 2.05) is 0 Å². The van der Waals surface area contributed by atoms with Gasteiger partial charge in [-0.25, -0.2) is 13.9 Å². The van der Waals surface area contributed by atoms with Crippen LogP contribution in [0.1, 0.15) is 39.1 Å². The van der Waals surface area contributed by atoms with Gasteiger partial charge in [-0.15, -0.1) is 5.10 Å². The number of carboxylic acids is 1. The summed E-state index contributed by atoms with van der Waals surface area (Å²) in [5, 5.41) is 18.6. The Morgan fingerprint density at radius 1 is 1.00 bits per heavy atom. The molecule has 3 aliphatic rings. The molecule has 3 aliphatic heterocycles. The van der Waals surface area contributed by atoms with Gasteiger partial charge < -0.3 is 24.4 Å². The predicted molar refractivity (Wildman–Crippen MR) is 176 cm³/mol. The lowest BCUT2D eigenvalue weighted by Gasteiger charge is -2.37. The van der Waals surface area contributed by atoms with E-state index >= 15 is 4.39 Å². The number of carbonyl (C=O) groups is 2. The van der Waals surface area contributed by atoms with E-state index < -0.39 is 17.7 Å². The number of fused-ring (bicyclic) bond motifs is 4. The number of rotatable bonds is 5. The van der Waals surface area contributed by atoms with Crippen molar-refractivity contribution >= 4 is 51.8 Å². The molecule has 1 N–H and O–H groups in total. The Labute approximate surface area is 283 Å². The van der Waals surface area contributed by atoms with E-state index in [0.717, 1.165) is 24.4 Å². The number of ether oxygens (including phenoxy) is 2. The number of pyridine rings is 1. The SMILES string of the molecule is Cn1nnc2c(-c3cc(Cl)c(C(=O)N4COc5c(cccc5-c5cc(N6C7CCC6COC7)c(C(=O)O)cc5F)C4)c(Cl)c3)cncc21. The van der Waals surface area contributed by atoms with Crippen molar-refractivity contribution in [1.82, 2.24) is 24.9 Å². The number of aromatic nitrogens is 4. The summed E-state index contributed by atoms with van der Waals surface area (Å²) in [6.07, 6.45) is 5.04.